The Morgan fingerprint density at radius 1 is 1.26 bits per heavy atom. The fourth-order valence-corrected chi connectivity index (χ4v) is 1.88. The van der Waals surface area contributed by atoms with Crippen molar-refractivity contribution in [1.29, 1.82) is 0 Å². The molecule has 0 bridgehead atoms. The minimum absolute atomic E-state index is 0.00299. The maximum Gasteiger partial charge on any atom is 0.305 e. The van der Waals surface area contributed by atoms with E-state index in [0.717, 1.165) is 23.1 Å². The largest absolute Gasteiger partial charge is 0.469 e. The number of hydrogen-bond acceptors (Lipinski definition) is 3. The summed E-state index contributed by atoms with van der Waals surface area (Å²) in [6.07, 6.45) is 1.73. The van der Waals surface area contributed by atoms with Gasteiger partial charge in [-0.25, -0.2) is 0 Å². The molecule has 4 heteroatoms. The van der Waals surface area contributed by atoms with E-state index in [1.54, 1.807) is 19.0 Å². The Kier molecular flexibility index (Phi) is 5.55. The fourth-order valence-electron chi connectivity index (χ4n) is 1.88. The van der Waals surface area contributed by atoms with Crippen LogP contribution in [0.3, 0.4) is 0 Å². The van der Waals surface area contributed by atoms with Crippen molar-refractivity contribution in [2.45, 2.75) is 26.2 Å². The molecule has 19 heavy (non-hydrogen) atoms. The van der Waals surface area contributed by atoms with Gasteiger partial charge in [-0.05, 0) is 30.0 Å². The predicted octanol–water partition coefficient (Wildman–Crippen LogP) is 2.06. The molecule has 4 nitrogen and oxygen atoms in total. The lowest BCUT2D eigenvalue weighted by atomic mass is 9.99. The van der Waals surface area contributed by atoms with Crippen LogP contribution in [0.25, 0.3) is 0 Å². The highest BCUT2D eigenvalue weighted by molar-refractivity contribution is 5.95. The second-order valence-electron chi connectivity index (χ2n) is 4.62. The molecular formula is C15H21NO3. The molecule has 1 rings (SSSR count). The molecule has 0 atom stereocenters. The summed E-state index contributed by atoms with van der Waals surface area (Å²) in [7, 11) is 4.86. The zero-order chi connectivity index (χ0) is 14.4. The molecule has 0 saturated carbocycles. The van der Waals surface area contributed by atoms with Crippen LogP contribution in [-0.4, -0.2) is 38.0 Å². The Labute approximate surface area is 114 Å². The molecule has 0 spiro atoms. The highest BCUT2D eigenvalue weighted by Gasteiger charge is 2.13. The molecule has 0 aliphatic heterocycles. The molecule has 0 unspecified atom stereocenters. The summed E-state index contributed by atoms with van der Waals surface area (Å²) in [5.74, 6) is -0.239. The van der Waals surface area contributed by atoms with Crippen molar-refractivity contribution >= 4 is 11.9 Å². The molecule has 0 fully saturated rings. The fraction of sp³-hybridized carbons (Fsp3) is 0.467. The molecule has 0 N–H and O–H groups in total. The van der Waals surface area contributed by atoms with E-state index in [9.17, 15) is 9.59 Å². The molecule has 0 heterocycles. The van der Waals surface area contributed by atoms with Gasteiger partial charge in [0, 0.05) is 26.1 Å². The Bertz CT molecular complexity index is 466. The summed E-state index contributed by atoms with van der Waals surface area (Å²) in [6.45, 7) is 2.02. The van der Waals surface area contributed by atoms with E-state index >= 15 is 0 Å². The quantitative estimate of drug-likeness (QED) is 0.764. The van der Waals surface area contributed by atoms with Crippen LogP contribution in [0.15, 0.2) is 18.2 Å². The van der Waals surface area contributed by atoms with Gasteiger partial charge in [0.25, 0.3) is 5.91 Å². The third-order valence-corrected chi connectivity index (χ3v) is 3.04. The molecule has 0 aliphatic carbocycles. The lowest BCUT2D eigenvalue weighted by Crippen LogP contribution is -2.23. The number of carbonyl (C=O) groups excluding carboxylic acids is 2. The van der Waals surface area contributed by atoms with Gasteiger partial charge in [0.2, 0.25) is 0 Å². The van der Waals surface area contributed by atoms with Gasteiger partial charge >= 0.3 is 5.97 Å². The smallest absolute Gasteiger partial charge is 0.305 e. The average Bonchev–Trinajstić information content (AvgIpc) is 2.43. The van der Waals surface area contributed by atoms with E-state index in [1.165, 1.54) is 7.11 Å². The van der Waals surface area contributed by atoms with Crippen LogP contribution in [0.5, 0.6) is 0 Å². The Hall–Kier alpha value is -1.84. The van der Waals surface area contributed by atoms with Crippen LogP contribution >= 0.6 is 0 Å². The van der Waals surface area contributed by atoms with Crippen LogP contribution in [0.4, 0.5) is 0 Å². The van der Waals surface area contributed by atoms with Crippen LogP contribution in [0, 0.1) is 0 Å². The van der Waals surface area contributed by atoms with Gasteiger partial charge in [-0.1, -0.05) is 19.1 Å². The summed E-state index contributed by atoms with van der Waals surface area (Å²) in [6, 6.07) is 5.81. The Morgan fingerprint density at radius 2 is 1.95 bits per heavy atom. The number of benzene rings is 1. The number of ether oxygens (including phenoxy) is 1. The molecule has 0 saturated heterocycles. The Balaban J connectivity index is 2.95. The summed E-state index contributed by atoms with van der Waals surface area (Å²) < 4.78 is 4.62. The second kappa shape index (κ2) is 6.92. The second-order valence-corrected chi connectivity index (χ2v) is 4.62. The van der Waals surface area contributed by atoms with E-state index in [-0.39, 0.29) is 11.9 Å². The van der Waals surface area contributed by atoms with E-state index in [1.807, 2.05) is 25.1 Å². The number of rotatable bonds is 5. The first-order valence-electron chi connectivity index (χ1n) is 6.39. The minimum Gasteiger partial charge on any atom is -0.469 e. The first-order valence-corrected chi connectivity index (χ1v) is 6.39. The van der Waals surface area contributed by atoms with E-state index in [2.05, 4.69) is 4.74 Å². The SMILES string of the molecule is CCc1ccc(CCC(=O)OC)cc1C(=O)N(C)C. The first-order chi connectivity index (χ1) is 8.99. The van der Waals surface area contributed by atoms with Gasteiger partial charge in [0.15, 0.2) is 0 Å². The Morgan fingerprint density at radius 3 is 2.47 bits per heavy atom. The van der Waals surface area contributed by atoms with Crippen LogP contribution < -0.4 is 0 Å². The van der Waals surface area contributed by atoms with Crippen molar-refractivity contribution in [2.75, 3.05) is 21.2 Å². The van der Waals surface area contributed by atoms with Crippen molar-refractivity contribution in [2.24, 2.45) is 0 Å². The highest BCUT2D eigenvalue weighted by Crippen LogP contribution is 2.16. The lowest BCUT2D eigenvalue weighted by molar-refractivity contribution is -0.140. The van der Waals surface area contributed by atoms with Crippen molar-refractivity contribution in [3.63, 3.8) is 0 Å². The summed E-state index contributed by atoms with van der Waals surface area (Å²) in [4.78, 5) is 24.8. The van der Waals surface area contributed by atoms with E-state index < -0.39 is 0 Å². The molecule has 0 radical (unpaired) electrons. The average molecular weight is 263 g/mol. The maximum atomic E-state index is 12.1. The number of hydrogen-bond donors (Lipinski definition) is 0. The van der Waals surface area contributed by atoms with Gasteiger partial charge in [-0.3, -0.25) is 9.59 Å². The number of aryl methyl sites for hydroxylation is 2. The maximum absolute atomic E-state index is 12.1. The third kappa shape index (κ3) is 4.09. The number of carbonyl (C=O) groups is 2. The standard InChI is InChI=1S/C15H21NO3/c1-5-12-8-6-11(7-9-14(17)19-4)10-13(12)15(18)16(2)3/h6,8,10H,5,7,9H2,1-4H3. The zero-order valence-electron chi connectivity index (χ0n) is 12.0. The molecule has 0 aliphatic rings. The van der Waals surface area contributed by atoms with Crippen molar-refractivity contribution < 1.29 is 14.3 Å². The summed E-state index contributed by atoms with van der Waals surface area (Å²) in [5, 5.41) is 0. The number of amides is 1. The lowest BCUT2D eigenvalue weighted by Gasteiger charge is -2.14. The number of methoxy groups -OCH3 is 1. The van der Waals surface area contributed by atoms with Crippen LogP contribution in [0.2, 0.25) is 0 Å². The summed E-state index contributed by atoms with van der Waals surface area (Å²) >= 11 is 0. The van der Waals surface area contributed by atoms with E-state index in [0.29, 0.717) is 12.8 Å². The topological polar surface area (TPSA) is 46.6 Å². The summed E-state index contributed by atoms with van der Waals surface area (Å²) in [5.41, 5.74) is 2.73. The monoisotopic (exact) mass is 263 g/mol. The highest BCUT2D eigenvalue weighted by atomic mass is 16.5. The van der Waals surface area contributed by atoms with Crippen LogP contribution in [0.1, 0.15) is 34.8 Å². The van der Waals surface area contributed by atoms with Gasteiger partial charge in [-0.2, -0.15) is 0 Å². The predicted molar refractivity (Wildman–Crippen MR) is 74.2 cm³/mol. The molecule has 0 aromatic heterocycles. The number of nitrogens with zero attached hydrogens (tertiary/aromatic N) is 1. The molecule has 104 valence electrons. The van der Waals surface area contributed by atoms with Gasteiger partial charge < -0.3 is 9.64 Å². The van der Waals surface area contributed by atoms with Crippen molar-refractivity contribution in [1.82, 2.24) is 4.90 Å². The molecule has 1 aromatic rings. The molecule has 1 aromatic carbocycles. The van der Waals surface area contributed by atoms with E-state index in [4.69, 9.17) is 0 Å². The van der Waals surface area contributed by atoms with Gasteiger partial charge in [0.1, 0.15) is 0 Å². The van der Waals surface area contributed by atoms with Crippen LogP contribution in [-0.2, 0) is 22.4 Å². The van der Waals surface area contributed by atoms with Gasteiger partial charge in [-0.15, -0.1) is 0 Å². The number of esters is 1. The molecule has 1 amide bonds. The zero-order valence-corrected chi connectivity index (χ0v) is 12.0. The van der Waals surface area contributed by atoms with Crippen molar-refractivity contribution in [3.05, 3.63) is 34.9 Å². The molecular weight excluding hydrogens is 242 g/mol. The van der Waals surface area contributed by atoms with Crippen molar-refractivity contribution in [3.8, 4) is 0 Å². The normalized spacial score (nSPS) is 10.1. The third-order valence-electron chi connectivity index (χ3n) is 3.04. The minimum atomic E-state index is -0.236. The van der Waals surface area contributed by atoms with Gasteiger partial charge in [0.05, 0.1) is 7.11 Å². The first kappa shape index (κ1) is 15.2.